The van der Waals surface area contributed by atoms with E-state index < -0.39 is 5.41 Å². The van der Waals surface area contributed by atoms with E-state index in [0.29, 0.717) is 62.4 Å². The van der Waals surface area contributed by atoms with E-state index in [1.165, 1.54) is 12.0 Å². The van der Waals surface area contributed by atoms with Gasteiger partial charge in [0.1, 0.15) is 11.9 Å². The number of guanidine groups is 1. The topological polar surface area (TPSA) is 105 Å². The number of hydrogen-bond donors (Lipinski definition) is 2. The molecule has 0 aromatic heterocycles. The van der Waals surface area contributed by atoms with Crippen LogP contribution in [0, 0.1) is 11.3 Å². The van der Waals surface area contributed by atoms with Gasteiger partial charge in [0.15, 0.2) is 0 Å². The maximum absolute atomic E-state index is 13.4. The average Bonchev–Trinajstić information content (AvgIpc) is 2.99. The monoisotopic (exact) mass is 611 g/mol. The molecule has 4 rings (SSSR count). The minimum Gasteiger partial charge on any atom is -0.493 e. The molecular formula is C33H46ClN5O4. The summed E-state index contributed by atoms with van der Waals surface area (Å²) in [5.74, 6) is 1.21. The Labute approximate surface area is 261 Å². The molecule has 2 bridgehead atoms. The minimum absolute atomic E-state index is 0.0680. The Morgan fingerprint density at radius 1 is 1.23 bits per heavy atom. The van der Waals surface area contributed by atoms with Gasteiger partial charge in [-0.15, -0.1) is 0 Å². The van der Waals surface area contributed by atoms with Crippen LogP contribution in [-0.4, -0.2) is 68.5 Å². The lowest BCUT2D eigenvalue weighted by atomic mass is 9.89. The zero-order valence-corrected chi connectivity index (χ0v) is 26.7. The van der Waals surface area contributed by atoms with Crippen molar-refractivity contribution in [3.05, 3.63) is 64.9 Å². The van der Waals surface area contributed by atoms with Gasteiger partial charge in [-0.25, -0.2) is 14.8 Å². The van der Waals surface area contributed by atoms with Crippen LogP contribution < -0.4 is 10.6 Å². The van der Waals surface area contributed by atoms with Gasteiger partial charge in [0.2, 0.25) is 5.96 Å². The summed E-state index contributed by atoms with van der Waals surface area (Å²) < 4.78 is 11.9. The summed E-state index contributed by atoms with van der Waals surface area (Å²) in [6.45, 7) is 13.7. The van der Waals surface area contributed by atoms with Crippen molar-refractivity contribution in [1.29, 1.82) is 0 Å². The predicted octanol–water partition coefficient (Wildman–Crippen LogP) is 6.93. The SMILES string of the molecule is C=N/C1=N\CC(=C/C)/C=C\C(=C\Cl)OCCCN(C(=O)OC2CCCC(C)C2)CC(C)(C)CNC(=O)c2ccc(cc2)N1. The van der Waals surface area contributed by atoms with Crippen LogP contribution in [0.15, 0.2) is 69.3 Å². The highest BCUT2D eigenvalue weighted by Crippen LogP contribution is 2.27. The van der Waals surface area contributed by atoms with Crippen LogP contribution in [-0.2, 0) is 9.47 Å². The molecule has 1 aromatic carbocycles. The number of carbonyl (C=O) groups excluding carboxylic acids is 2. The molecule has 2 amide bonds. The molecule has 0 saturated heterocycles. The Morgan fingerprint density at radius 3 is 2.67 bits per heavy atom. The van der Waals surface area contributed by atoms with Gasteiger partial charge in [-0.05, 0) is 86.6 Å². The van der Waals surface area contributed by atoms with E-state index in [9.17, 15) is 9.59 Å². The van der Waals surface area contributed by atoms with Gasteiger partial charge < -0.3 is 25.0 Å². The number of rotatable bonds is 1. The first-order valence-electron chi connectivity index (χ1n) is 15.0. The molecule has 0 radical (unpaired) electrons. The second-order valence-electron chi connectivity index (χ2n) is 12.0. The third kappa shape index (κ3) is 11.5. The number of anilines is 1. The number of amides is 2. The Kier molecular flexibility index (Phi) is 13.3. The summed E-state index contributed by atoms with van der Waals surface area (Å²) in [6, 6.07) is 7.07. The van der Waals surface area contributed by atoms with Crippen LogP contribution in [0.4, 0.5) is 10.5 Å². The van der Waals surface area contributed by atoms with Crippen molar-refractivity contribution >= 4 is 42.0 Å². The van der Waals surface area contributed by atoms with E-state index in [-0.39, 0.29) is 18.1 Å². The van der Waals surface area contributed by atoms with Gasteiger partial charge in [0.05, 0.1) is 13.2 Å². The normalized spacial score (nSPS) is 26.5. The molecule has 2 aliphatic heterocycles. The number of ether oxygens (including phenoxy) is 2. The van der Waals surface area contributed by atoms with Crippen molar-refractivity contribution in [2.75, 3.05) is 38.1 Å². The Bertz CT molecular complexity index is 1220. The van der Waals surface area contributed by atoms with Crippen LogP contribution in [0.25, 0.3) is 0 Å². The molecule has 2 atom stereocenters. The van der Waals surface area contributed by atoms with Gasteiger partial charge in [0.25, 0.3) is 5.91 Å². The van der Waals surface area contributed by atoms with E-state index in [0.717, 1.165) is 30.5 Å². The van der Waals surface area contributed by atoms with Gasteiger partial charge in [-0.2, -0.15) is 0 Å². The third-order valence-electron chi connectivity index (χ3n) is 7.51. The standard InChI is InChI=1S/C33H46ClN5O4/c1-6-25-11-16-29(20-34)42-18-8-17-39(32(41)43-28-10-7-9-24(2)19-28)23-33(3,4)22-37-30(40)26-12-14-27(15-13-26)38-31(35-5)36-21-25/h6,11-16,20,24,28H,5,7-10,17-19,21-23H2,1-4H3,(H,36,38)(H,37,40)/b16-11-,25-6+,29-20-. The van der Waals surface area contributed by atoms with E-state index in [1.54, 1.807) is 35.2 Å². The summed E-state index contributed by atoms with van der Waals surface area (Å²) in [5.41, 5.74) is 3.14. The Hall–Kier alpha value is -3.59. The van der Waals surface area contributed by atoms with Gasteiger partial charge in [-0.3, -0.25) is 4.79 Å². The molecule has 3 aliphatic rings. The van der Waals surface area contributed by atoms with E-state index in [1.807, 2.05) is 32.9 Å². The zero-order valence-electron chi connectivity index (χ0n) is 25.9. The molecular weight excluding hydrogens is 566 g/mol. The van der Waals surface area contributed by atoms with E-state index in [4.69, 9.17) is 21.1 Å². The molecule has 2 N–H and O–H groups in total. The van der Waals surface area contributed by atoms with E-state index in [2.05, 4.69) is 34.3 Å². The Morgan fingerprint density at radius 2 is 2.00 bits per heavy atom. The molecule has 0 spiro atoms. The number of aliphatic imine (C=N–C) groups is 2. The van der Waals surface area contributed by atoms with Gasteiger partial charge >= 0.3 is 6.09 Å². The lowest BCUT2D eigenvalue weighted by molar-refractivity contribution is 0.0272. The summed E-state index contributed by atoms with van der Waals surface area (Å²) in [5, 5.41) is 6.16. The van der Waals surface area contributed by atoms with Crippen LogP contribution in [0.5, 0.6) is 0 Å². The maximum atomic E-state index is 13.4. The largest absolute Gasteiger partial charge is 0.493 e. The molecule has 9 nitrogen and oxygen atoms in total. The van der Waals surface area contributed by atoms with Crippen LogP contribution in [0.2, 0.25) is 0 Å². The zero-order chi connectivity index (χ0) is 31.2. The fourth-order valence-electron chi connectivity index (χ4n) is 5.05. The smallest absolute Gasteiger partial charge is 0.410 e. The van der Waals surface area contributed by atoms with Crippen molar-refractivity contribution in [3.8, 4) is 0 Å². The number of hydrogen-bond acceptors (Lipinski definition) is 7. The minimum atomic E-state index is -0.415. The lowest BCUT2D eigenvalue weighted by Gasteiger charge is -2.34. The maximum Gasteiger partial charge on any atom is 0.410 e. The number of fused-ring (bicyclic) bond motifs is 17. The first kappa shape index (κ1) is 33.9. The molecule has 1 saturated carbocycles. The van der Waals surface area contributed by atoms with E-state index >= 15 is 0 Å². The quantitative estimate of drug-likeness (QED) is 0.335. The number of nitrogens with one attached hydrogen (secondary N) is 2. The van der Waals surface area contributed by atoms with Crippen molar-refractivity contribution in [2.24, 2.45) is 21.3 Å². The highest BCUT2D eigenvalue weighted by molar-refractivity contribution is 6.25. The lowest BCUT2D eigenvalue weighted by Crippen LogP contribution is -2.46. The second-order valence-corrected chi connectivity index (χ2v) is 12.2. The van der Waals surface area contributed by atoms with Crippen LogP contribution in [0.3, 0.4) is 0 Å². The first-order chi connectivity index (χ1) is 20.6. The molecule has 1 aromatic rings. The van der Waals surface area contributed by atoms with Crippen molar-refractivity contribution in [2.45, 2.75) is 65.9 Å². The highest BCUT2D eigenvalue weighted by Gasteiger charge is 2.29. The van der Waals surface area contributed by atoms with Crippen molar-refractivity contribution in [1.82, 2.24) is 10.2 Å². The predicted molar refractivity (Wildman–Crippen MR) is 175 cm³/mol. The van der Waals surface area contributed by atoms with Crippen molar-refractivity contribution in [3.63, 3.8) is 0 Å². The molecule has 1 fully saturated rings. The number of benzene rings is 1. The summed E-state index contributed by atoms with van der Waals surface area (Å²) in [6.07, 6.45) is 9.81. The van der Waals surface area contributed by atoms with Gasteiger partial charge in [0, 0.05) is 36.4 Å². The Balaban J connectivity index is 1.81. The summed E-state index contributed by atoms with van der Waals surface area (Å²) in [7, 11) is 0. The fraction of sp³-hybridized carbons (Fsp3) is 0.515. The number of nitrogens with zero attached hydrogens (tertiary/aromatic N) is 3. The molecule has 2 unspecified atom stereocenters. The number of carbonyl (C=O) groups is 2. The fourth-order valence-corrected chi connectivity index (χ4v) is 5.19. The van der Waals surface area contributed by atoms with Crippen molar-refractivity contribution < 1.29 is 19.1 Å². The summed E-state index contributed by atoms with van der Waals surface area (Å²) >= 11 is 6.05. The van der Waals surface area contributed by atoms with Gasteiger partial charge in [-0.1, -0.05) is 50.9 Å². The molecule has 2 heterocycles. The molecule has 234 valence electrons. The van der Waals surface area contributed by atoms with Crippen LogP contribution in [0.1, 0.15) is 70.2 Å². The highest BCUT2D eigenvalue weighted by atomic mass is 35.5. The molecule has 10 heteroatoms. The average molecular weight is 612 g/mol. The van der Waals surface area contributed by atoms with Crippen LogP contribution >= 0.6 is 11.6 Å². The number of halogens is 1. The first-order valence-corrected chi connectivity index (χ1v) is 15.4. The summed E-state index contributed by atoms with van der Waals surface area (Å²) in [4.78, 5) is 36.6. The third-order valence-corrected chi connectivity index (χ3v) is 7.72. The second kappa shape index (κ2) is 16.9. The number of allylic oxidation sites excluding steroid dienone is 2. The molecule has 43 heavy (non-hydrogen) atoms. The molecule has 1 aliphatic carbocycles.